The summed E-state index contributed by atoms with van der Waals surface area (Å²) in [5.41, 5.74) is -1.21. The van der Waals surface area contributed by atoms with Crippen molar-refractivity contribution in [3.05, 3.63) is 68.1 Å². The molecule has 0 radical (unpaired) electrons. The van der Waals surface area contributed by atoms with Gasteiger partial charge in [-0.3, -0.25) is 9.59 Å². The molecule has 0 unspecified atom stereocenters. The molecule has 1 aromatic carbocycles. The maximum Gasteiger partial charge on any atom is 0.343 e. The SMILES string of the molecule is COC(=O)C[C@H](c1c(O)cc(C)oc1=O)c1coc2ccc(OC)cc2c1=O. The van der Waals surface area contributed by atoms with E-state index >= 15 is 0 Å². The zero-order chi connectivity index (χ0) is 20.4. The number of methoxy groups -OCH3 is 2. The minimum absolute atomic E-state index is 0.0117. The minimum Gasteiger partial charge on any atom is -0.507 e. The number of aromatic hydroxyl groups is 1. The van der Waals surface area contributed by atoms with E-state index < -0.39 is 22.9 Å². The van der Waals surface area contributed by atoms with Crippen LogP contribution in [-0.4, -0.2) is 25.3 Å². The predicted molar refractivity (Wildman–Crippen MR) is 98.9 cm³/mol. The number of ether oxygens (including phenoxy) is 2. The number of carbonyl (C=O) groups is 1. The van der Waals surface area contributed by atoms with E-state index in [2.05, 4.69) is 4.74 Å². The van der Waals surface area contributed by atoms with Gasteiger partial charge in [0.1, 0.15) is 22.8 Å². The van der Waals surface area contributed by atoms with Crippen molar-refractivity contribution >= 4 is 16.9 Å². The highest BCUT2D eigenvalue weighted by molar-refractivity contribution is 5.79. The van der Waals surface area contributed by atoms with Crippen LogP contribution < -0.4 is 15.8 Å². The molecule has 28 heavy (non-hydrogen) atoms. The van der Waals surface area contributed by atoms with Gasteiger partial charge < -0.3 is 23.4 Å². The van der Waals surface area contributed by atoms with Crippen LogP contribution in [0.15, 0.2) is 49.0 Å². The summed E-state index contributed by atoms with van der Waals surface area (Å²) in [6.07, 6.45) is 0.807. The summed E-state index contributed by atoms with van der Waals surface area (Å²) < 4.78 is 20.4. The van der Waals surface area contributed by atoms with Gasteiger partial charge in [-0.15, -0.1) is 0 Å². The lowest BCUT2D eigenvalue weighted by Gasteiger charge is -2.16. The van der Waals surface area contributed by atoms with E-state index in [4.69, 9.17) is 13.6 Å². The summed E-state index contributed by atoms with van der Waals surface area (Å²) in [5, 5.41) is 10.5. The summed E-state index contributed by atoms with van der Waals surface area (Å²) in [7, 11) is 2.65. The lowest BCUT2D eigenvalue weighted by atomic mass is 9.89. The molecule has 0 aliphatic carbocycles. The fourth-order valence-electron chi connectivity index (χ4n) is 3.04. The van der Waals surface area contributed by atoms with Gasteiger partial charge in [-0.2, -0.15) is 0 Å². The first-order valence-corrected chi connectivity index (χ1v) is 8.35. The Morgan fingerprint density at radius 2 is 1.96 bits per heavy atom. The van der Waals surface area contributed by atoms with E-state index in [1.165, 1.54) is 39.5 Å². The lowest BCUT2D eigenvalue weighted by Crippen LogP contribution is -2.23. The monoisotopic (exact) mass is 386 g/mol. The van der Waals surface area contributed by atoms with Crippen LogP contribution in [0.3, 0.4) is 0 Å². The summed E-state index contributed by atoms with van der Waals surface area (Å²) in [4.78, 5) is 37.4. The van der Waals surface area contributed by atoms with Crippen molar-refractivity contribution in [3.8, 4) is 11.5 Å². The topological polar surface area (TPSA) is 116 Å². The van der Waals surface area contributed by atoms with Crippen LogP contribution in [0, 0.1) is 6.92 Å². The molecule has 3 rings (SSSR count). The Balaban J connectivity index is 2.27. The molecule has 0 amide bonds. The number of carbonyl (C=O) groups excluding carboxylic acids is 1. The highest BCUT2D eigenvalue weighted by Gasteiger charge is 2.29. The van der Waals surface area contributed by atoms with Gasteiger partial charge in [0.15, 0.2) is 5.43 Å². The number of hydrogen-bond acceptors (Lipinski definition) is 8. The van der Waals surface area contributed by atoms with Gasteiger partial charge in [0.25, 0.3) is 0 Å². The van der Waals surface area contributed by atoms with Gasteiger partial charge >= 0.3 is 11.6 Å². The maximum absolute atomic E-state index is 13.1. The number of benzene rings is 1. The van der Waals surface area contributed by atoms with Crippen molar-refractivity contribution in [2.45, 2.75) is 19.3 Å². The number of aryl methyl sites for hydroxylation is 1. The average molecular weight is 386 g/mol. The molecule has 1 atom stereocenters. The van der Waals surface area contributed by atoms with Gasteiger partial charge in [0.2, 0.25) is 0 Å². The molecule has 0 saturated heterocycles. The lowest BCUT2D eigenvalue weighted by molar-refractivity contribution is -0.140. The number of rotatable bonds is 5. The predicted octanol–water partition coefficient (Wildman–Crippen LogP) is 2.46. The highest BCUT2D eigenvalue weighted by atomic mass is 16.5. The van der Waals surface area contributed by atoms with Crippen LogP contribution in [0.1, 0.15) is 29.2 Å². The number of fused-ring (bicyclic) bond motifs is 1. The second-order valence-corrected chi connectivity index (χ2v) is 6.16. The van der Waals surface area contributed by atoms with E-state index in [9.17, 15) is 19.5 Å². The van der Waals surface area contributed by atoms with E-state index in [0.717, 1.165) is 0 Å². The van der Waals surface area contributed by atoms with Crippen LogP contribution in [0.5, 0.6) is 11.5 Å². The molecule has 8 heteroatoms. The summed E-state index contributed by atoms with van der Waals surface area (Å²) in [6, 6.07) is 5.95. The fraction of sp³-hybridized carbons (Fsp3) is 0.250. The molecule has 0 spiro atoms. The quantitative estimate of drug-likeness (QED) is 0.665. The first kappa shape index (κ1) is 19.2. The van der Waals surface area contributed by atoms with Crippen molar-refractivity contribution in [2.75, 3.05) is 14.2 Å². The summed E-state index contributed by atoms with van der Waals surface area (Å²) in [5.74, 6) is -1.53. The van der Waals surface area contributed by atoms with Crippen LogP contribution in [0.25, 0.3) is 11.0 Å². The maximum atomic E-state index is 13.1. The van der Waals surface area contributed by atoms with Crippen LogP contribution in [-0.2, 0) is 9.53 Å². The van der Waals surface area contributed by atoms with Crippen molar-refractivity contribution in [1.82, 2.24) is 0 Å². The Morgan fingerprint density at radius 3 is 2.61 bits per heavy atom. The normalized spacial score (nSPS) is 12.0. The first-order valence-electron chi connectivity index (χ1n) is 8.35. The molecule has 3 aromatic rings. The first-order chi connectivity index (χ1) is 13.3. The Morgan fingerprint density at radius 1 is 1.21 bits per heavy atom. The molecular formula is C20H18O8. The van der Waals surface area contributed by atoms with Crippen molar-refractivity contribution in [3.63, 3.8) is 0 Å². The molecule has 146 valence electrons. The van der Waals surface area contributed by atoms with Crippen molar-refractivity contribution < 1.29 is 28.2 Å². The second kappa shape index (κ2) is 7.59. The molecule has 2 aromatic heterocycles. The minimum atomic E-state index is -1.11. The Hall–Kier alpha value is -3.55. The second-order valence-electron chi connectivity index (χ2n) is 6.16. The molecule has 2 heterocycles. The Kier molecular flexibility index (Phi) is 5.21. The third-order valence-electron chi connectivity index (χ3n) is 4.42. The van der Waals surface area contributed by atoms with Gasteiger partial charge in [-0.1, -0.05) is 0 Å². The largest absolute Gasteiger partial charge is 0.507 e. The summed E-state index contributed by atoms with van der Waals surface area (Å²) >= 11 is 0. The third-order valence-corrected chi connectivity index (χ3v) is 4.42. The van der Waals surface area contributed by atoms with Crippen molar-refractivity contribution in [2.24, 2.45) is 0 Å². The van der Waals surface area contributed by atoms with E-state index in [1.807, 2.05) is 0 Å². The van der Waals surface area contributed by atoms with E-state index in [-0.39, 0.29) is 34.4 Å². The van der Waals surface area contributed by atoms with E-state index in [0.29, 0.717) is 11.3 Å². The number of esters is 1. The van der Waals surface area contributed by atoms with Crippen LogP contribution in [0.4, 0.5) is 0 Å². The van der Waals surface area contributed by atoms with Gasteiger partial charge in [-0.05, 0) is 25.1 Å². The molecule has 0 saturated carbocycles. The van der Waals surface area contributed by atoms with Gasteiger partial charge in [-0.25, -0.2) is 4.79 Å². The fourth-order valence-corrected chi connectivity index (χ4v) is 3.04. The van der Waals surface area contributed by atoms with Gasteiger partial charge in [0, 0.05) is 17.5 Å². The molecule has 0 fully saturated rings. The van der Waals surface area contributed by atoms with E-state index in [1.54, 1.807) is 12.1 Å². The van der Waals surface area contributed by atoms with Crippen LogP contribution in [0.2, 0.25) is 0 Å². The zero-order valence-corrected chi connectivity index (χ0v) is 15.5. The molecule has 0 aliphatic rings. The van der Waals surface area contributed by atoms with Crippen LogP contribution >= 0.6 is 0 Å². The molecule has 1 N–H and O–H groups in total. The average Bonchev–Trinajstić information content (AvgIpc) is 2.66. The summed E-state index contributed by atoms with van der Waals surface area (Å²) in [6.45, 7) is 1.50. The highest BCUT2D eigenvalue weighted by Crippen LogP contribution is 2.32. The van der Waals surface area contributed by atoms with Gasteiger partial charge in [0.05, 0.1) is 37.9 Å². The Labute approximate surface area is 158 Å². The molecule has 8 nitrogen and oxygen atoms in total. The molecule has 0 aliphatic heterocycles. The smallest absolute Gasteiger partial charge is 0.343 e. The zero-order valence-electron chi connectivity index (χ0n) is 15.5. The number of hydrogen-bond donors (Lipinski definition) is 1. The van der Waals surface area contributed by atoms with Crippen molar-refractivity contribution in [1.29, 1.82) is 0 Å². The molecular weight excluding hydrogens is 368 g/mol. The Bertz CT molecular complexity index is 1160. The third kappa shape index (κ3) is 3.48. The molecule has 0 bridgehead atoms. The standard InChI is InChI=1S/C20H18O8/c1-10-6-15(21)18(20(24)28-10)12(8-17(22)26-3)14-9-27-16-5-4-11(25-2)7-13(16)19(14)23/h4-7,9,12,21H,8H2,1-3H3/t12-/m0/s1.